The third kappa shape index (κ3) is 8.41. The van der Waals surface area contributed by atoms with Crippen molar-refractivity contribution in [1.82, 2.24) is 15.3 Å². The van der Waals surface area contributed by atoms with Gasteiger partial charge in [-0.3, -0.25) is 24.0 Å². The third-order valence-corrected chi connectivity index (χ3v) is 10.1. The number of carbonyl (C=O) groups excluding carboxylic acids is 5. The lowest BCUT2D eigenvalue weighted by molar-refractivity contribution is -0.204. The molecule has 2 bridgehead atoms. The lowest BCUT2D eigenvalue weighted by atomic mass is 9.62. The number of nitrogens with one attached hydrogen (secondary N) is 1. The van der Waals surface area contributed by atoms with Gasteiger partial charge in [0.15, 0.2) is 12.6 Å². The first-order chi connectivity index (χ1) is 25.5. The number of aliphatic hydroxyl groups is 1. The van der Waals surface area contributed by atoms with Crippen LogP contribution in [0.4, 0.5) is 13.2 Å². The molecule has 0 spiro atoms. The summed E-state index contributed by atoms with van der Waals surface area (Å²) in [7, 11) is 0. The Hall–Kier alpha value is -4.10. The van der Waals surface area contributed by atoms with Gasteiger partial charge in [-0.2, -0.15) is 18.2 Å². The number of ether oxygens (including phenoxy) is 5. The van der Waals surface area contributed by atoms with E-state index in [0.717, 1.165) is 6.08 Å². The lowest BCUT2D eigenvalue weighted by Gasteiger charge is -2.50. The van der Waals surface area contributed by atoms with Gasteiger partial charge >= 0.3 is 24.1 Å². The molecule has 54 heavy (non-hydrogen) atoms. The molecule has 1 aromatic carbocycles. The van der Waals surface area contributed by atoms with Crippen LogP contribution in [0.3, 0.4) is 0 Å². The first-order valence-electron chi connectivity index (χ1n) is 17.8. The average Bonchev–Trinajstić information content (AvgIpc) is 3.86. The molecule has 1 aliphatic carbocycles. The number of amides is 2. The van der Waals surface area contributed by atoms with Gasteiger partial charge in [0, 0.05) is 25.5 Å². The van der Waals surface area contributed by atoms with Gasteiger partial charge in [0.1, 0.15) is 48.3 Å². The molecular formula is C36H44F3N3O12. The van der Waals surface area contributed by atoms with Gasteiger partial charge in [-0.15, -0.1) is 0 Å². The molecule has 4 heterocycles. The van der Waals surface area contributed by atoms with E-state index in [9.17, 15) is 42.3 Å². The molecular weight excluding hydrogens is 723 g/mol. The number of aliphatic hydroxyl groups excluding tert-OH is 1. The van der Waals surface area contributed by atoms with Crippen LogP contribution < -0.4 is 5.32 Å². The Bertz CT molecular complexity index is 1630. The second kappa shape index (κ2) is 15.6. The third-order valence-electron chi connectivity index (χ3n) is 10.1. The normalized spacial score (nSPS) is 29.8. The summed E-state index contributed by atoms with van der Waals surface area (Å²) in [6.45, 7) is 3.20. The van der Waals surface area contributed by atoms with E-state index in [0.29, 0.717) is 24.0 Å². The molecule has 8 atom stereocenters. The number of carbonyl (C=O) groups is 5. The first kappa shape index (κ1) is 39.6. The molecule has 2 amide bonds. The topological polar surface area (TPSA) is 179 Å². The minimum absolute atomic E-state index is 0.00552. The second-order valence-electron chi connectivity index (χ2n) is 15.1. The van der Waals surface area contributed by atoms with Crippen LogP contribution in [0.15, 0.2) is 30.3 Å². The number of hydroxylamine groups is 2. The summed E-state index contributed by atoms with van der Waals surface area (Å²) < 4.78 is 64.1. The first-order valence-corrected chi connectivity index (χ1v) is 17.8. The Kier molecular flexibility index (Phi) is 11.4. The molecule has 6 rings (SSSR count). The quantitative estimate of drug-likeness (QED) is 0.179. The second-order valence-corrected chi connectivity index (χ2v) is 15.1. The summed E-state index contributed by atoms with van der Waals surface area (Å²) in [6.07, 6.45) is -4.73. The molecule has 4 saturated heterocycles. The fourth-order valence-electron chi connectivity index (χ4n) is 7.83. The van der Waals surface area contributed by atoms with E-state index in [2.05, 4.69) is 10.1 Å². The van der Waals surface area contributed by atoms with Crippen molar-refractivity contribution < 1.29 is 70.8 Å². The van der Waals surface area contributed by atoms with Crippen molar-refractivity contribution in [3.8, 4) is 0 Å². The minimum atomic E-state index is -4.65. The van der Waals surface area contributed by atoms with Crippen LogP contribution in [0.2, 0.25) is 0 Å². The highest BCUT2D eigenvalue weighted by Gasteiger charge is 2.75. The molecule has 0 aromatic heterocycles. The van der Waals surface area contributed by atoms with Crippen LogP contribution in [0, 0.1) is 5.41 Å². The Morgan fingerprint density at radius 1 is 1.11 bits per heavy atom. The highest BCUT2D eigenvalue weighted by atomic mass is 19.4. The number of fused-ring (bicyclic) bond motifs is 4. The fraction of sp³-hybridized carbons (Fsp3) is 0.639. The molecule has 1 saturated carbocycles. The number of esters is 3. The van der Waals surface area contributed by atoms with Gasteiger partial charge in [-0.05, 0) is 57.2 Å². The van der Waals surface area contributed by atoms with Crippen LogP contribution in [0.5, 0.6) is 0 Å². The van der Waals surface area contributed by atoms with Crippen LogP contribution in [-0.4, -0.2) is 126 Å². The Morgan fingerprint density at radius 2 is 1.83 bits per heavy atom. The van der Waals surface area contributed by atoms with E-state index in [1.807, 2.05) is 0 Å². The predicted molar refractivity (Wildman–Crippen MR) is 177 cm³/mol. The van der Waals surface area contributed by atoms with Gasteiger partial charge in [-0.25, -0.2) is 4.79 Å². The van der Waals surface area contributed by atoms with Gasteiger partial charge < -0.3 is 39.0 Å². The highest BCUT2D eigenvalue weighted by molar-refractivity contribution is 5.96. The number of benzene rings is 1. The van der Waals surface area contributed by atoms with Gasteiger partial charge in [0.25, 0.3) is 0 Å². The van der Waals surface area contributed by atoms with Crippen molar-refractivity contribution in [1.29, 1.82) is 0 Å². The van der Waals surface area contributed by atoms with Crippen molar-refractivity contribution in [2.75, 3.05) is 26.6 Å². The molecule has 2 N–H and O–H groups in total. The number of nitrogens with zero attached hydrogens (tertiary/aromatic N) is 2. The minimum Gasteiger partial charge on any atom is -0.460 e. The Morgan fingerprint density at radius 3 is 2.52 bits per heavy atom. The van der Waals surface area contributed by atoms with Gasteiger partial charge in [0.05, 0.1) is 19.2 Å². The summed E-state index contributed by atoms with van der Waals surface area (Å²) in [4.78, 5) is 74.3. The van der Waals surface area contributed by atoms with E-state index >= 15 is 0 Å². The molecule has 5 fully saturated rings. The summed E-state index contributed by atoms with van der Waals surface area (Å²) in [5, 5.41) is 14.2. The smallest absolute Gasteiger partial charge is 0.422 e. The fourth-order valence-corrected chi connectivity index (χ4v) is 7.83. The predicted octanol–water partition coefficient (Wildman–Crippen LogP) is 1.94. The van der Waals surface area contributed by atoms with E-state index < -0.39 is 103 Å². The molecule has 18 heteroatoms. The number of rotatable bonds is 12. The number of hydrogen-bond acceptors (Lipinski definition) is 13. The molecule has 1 aromatic rings. The molecule has 5 aliphatic rings. The Labute approximate surface area is 308 Å². The number of alkyl halides is 3. The van der Waals surface area contributed by atoms with Crippen molar-refractivity contribution in [2.24, 2.45) is 5.41 Å². The van der Waals surface area contributed by atoms with Crippen LogP contribution in [0.1, 0.15) is 64.0 Å². The van der Waals surface area contributed by atoms with Crippen molar-refractivity contribution >= 4 is 35.8 Å². The largest absolute Gasteiger partial charge is 0.460 e. The van der Waals surface area contributed by atoms with E-state index in [-0.39, 0.29) is 39.1 Å². The summed E-state index contributed by atoms with van der Waals surface area (Å²) >= 11 is 0. The molecule has 296 valence electrons. The monoisotopic (exact) mass is 767 g/mol. The highest BCUT2D eigenvalue weighted by Crippen LogP contribution is 2.56. The SMILES string of the molecule is CC(C)(C)OC(=O)CCC(CO)NC(=O)C1CCCN1C(=O)C12CC3OC(=O)C1N(Cc1ccc(C=CC(=O)OCC(F)(F)F)cc1)OC2C1OCOC31. The van der Waals surface area contributed by atoms with Crippen LogP contribution in [0.25, 0.3) is 6.08 Å². The molecule has 0 radical (unpaired) electrons. The Balaban J connectivity index is 1.18. The van der Waals surface area contributed by atoms with Crippen molar-refractivity contribution in [3.05, 3.63) is 41.5 Å². The maximum atomic E-state index is 14.9. The zero-order valence-electron chi connectivity index (χ0n) is 30.0. The number of likely N-dealkylation sites (tertiary alicyclic amines) is 1. The molecule has 4 aliphatic heterocycles. The molecule has 8 unspecified atom stereocenters. The number of hydrogen-bond donors (Lipinski definition) is 2. The summed E-state index contributed by atoms with van der Waals surface area (Å²) in [5.74, 6) is -3.31. The average molecular weight is 768 g/mol. The zero-order chi connectivity index (χ0) is 39.0. The van der Waals surface area contributed by atoms with E-state index in [1.165, 1.54) is 16.0 Å². The zero-order valence-corrected chi connectivity index (χ0v) is 30.0. The number of halogens is 3. The summed E-state index contributed by atoms with van der Waals surface area (Å²) in [6, 6.07) is 3.63. The van der Waals surface area contributed by atoms with E-state index in [4.69, 9.17) is 23.8 Å². The summed E-state index contributed by atoms with van der Waals surface area (Å²) in [5.41, 5.74) is -1.09. The van der Waals surface area contributed by atoms with Crippen molar-refractivity contribution in [3.63, 3.8) is 0 Å². The standard InChI is InChI=1S/C36H44F3N3O12/c1-34(2,3)53-26(45)13-11-22(17-43)40-31(46)23-5-4-14-41(23)33(48)35-15-24-27-28(51-19-50-27)30(35)54-42(29(35)32(47)52-24)16-21-8-6-20(7-9-21)10-12-25(44)49-18-36(37,38)39/h6-10,12,22-24,27-30,43H,4-5,11,13-19H2,1-3H3,(H,40,46). The molecule has 15 nitrogen and oxygen atoms in total. The van der Waals surface area contributed by atoms with Gasteiger partial charge in [-0.1, -0.05) is 24.3 Å². The van der Waals surface area contributed by atoms with Crippen LogP contribution in [-0.2, 0) is 59.0 Å². The lowest BCUT2D eigenvalue weighted by Crippen LogP contribution is -2.70. The van der Waals surface area contributed by atoms with Gasteiger partial charge in [0.2, 0.25) is 11.8 Å². The van der Waals surface area contributed by atoms with Crippen LogP contribution >= 0.6 is 0 Å². The van der Waals surface area contributed by atoms with E-state index in [1.54, 1.807) is 45.0 Å². The van der Waals surface area contributed by atoms with Crippen molar-refractivity contribution in [2.45, 2.75) is 114 Å². The maximum Gasteiger partial charge on any atom is 0.422 e. The maximum absolute atomic E-state index is 14.9.